The highest BCUT2D eigenvalue weighted by Crippen LogP contribution is 2.71. The van der Waals surface area contributed by atoms with E-state index < -0.39 is 0 Å². The maximum absolute atomic E-state index is 12.6. The van der Waals surface area contributed by atoms with Gasteiger partial charge in [0.25, 0.3) is 0 Å². The number of ketones is 1. The molecule has 2 nitrogen and oxygen atoms in total. The summed E-state index contributed by atoms with van der Waals surface area (Å²) in [6.45, 7) is 7.29. The molecular formula is C19H21NOS. The van der Waals surface area contributed by atoms with Crippen LogP contribution in [0.5, 0.6) is 0 Å². The van der Waals surface area contributed by atoms with Crippen molar-refractivity contribution in [3.05, 3.63) is 51.2 Å². The molecule has 0 spiro atoms. The van der Waals surface area contributed by atoms with Crippen molar-refractivity contribution < 1.29 is 4.79 Å². The summed E-state index contributed by atoms with van der Waals surface area (Å²) in [5.74, 6) is 1.69. The number of rotatable bonds is 4. The van der Waals surface area contributed by atoms with Crippen LogP contribution in [0.4, 0.5) is 5.69 Å². The van der Waals surface area contributed by atoms with E-state index in [4.69, 9.17) is 0 Å². The van der Waals surface area contributed by atoms with Crippen molar-refractivity contribution in [1.82, 2.24) is 0 Å². The predicted octanol–water partition coefficient (Wildman–Crippen LogP) is 4.65. The SMILES string of the molecule is Cc1sc(C(=O)CNc2ccccc2)c2c1[C@H]1[C@@H](C2)C1(C)C. The highest BCUT2D eigenvalue weighted by Gasteiger charge is 2.63. The number of fused-ring (bicyclic) bond motifs is 3. The van der Waals surface area contributed by atoms with Crippen LogP contribution in [0.1, 0.15) is 45.4 Å². The van der Waals surface area contributed by atoms with Crippen molar-refractivity contribution in [2.24, 2.45) is 11.3 Å². The van der Waals surface area contributed by atoms with Crippen LogP contribution in [0.15, 0.2) is 30.3 Å². The molecular weight excluding hydrogens is 290 g/mol. The standard InChI is InChI=1S/C19H21NOS/c1-11-16-13(9-14-17(16)19(14,2)3)18(22-11)15(21)10-20-12-7-5-4-6-8-12/h4-8,14,17,20H,9-10H2,1-3H3/t14-,17-/m1/s1. The van der Waals surface area contributed by atoms with Crippen molar-refractivity contribution in [2.45, 2.75) is 33.1 Å². The zero-order valence-electron chi connectivity index (χ0n) is 13.3. The number of thiophene rings is 1. The third-order valence-corrected chi connectivity index (χ3v) is 6.70. The van der Waals surface area contributed by atoms with Crippen LogP contribution in [-0.4, -0.2) is 12.3 Å². The second kappa shape index (κ2) is 4.69. The molecule has 22 heavy (non-hydrogen) atoms. The van der Waals surface area contributed by atoms with Gasteiger partial charge in [0, 0.05) is 10.6 Å². The summed E-state index contributed by atoms with van der Waals surface area (Å²) in [7, 11) is 0. The molecule has 0 radical (unpaired) electrons. The van der Waals surface area contributed by atoms with Crippen molar-refractivity contribution in [3.63, 3.8) is 0 Å². The van der Waals surface area contributed by atoms with Crippen LogP contribution in [0, 0.1) is 18.3 Å². The van der Waals surface area contributed by atoms with Gasteiger partial charge in [-0.05, 0) is 53.9 Å². The van der Waals surface area contributed by atoms with E-state index in [2.05, 4.69) is 26.1 Å². The van der Waals surface area contributed by atoms with Crippen LogP contribution < -0.4 is 5.32 Å². The third-order valence-electron chi connectivity index (χ3n) is 5.50. The Labute approximate surface area is 135 Å². The van der Waals surface area contributed by atoms with Crippen LogP contribution in [0.2, 0.25) is 0 Å². The quantitative estimate of drug-likeness (QED) is 0.833. The average molecular weight is 311 g/mol. The fraction of sp³-hybridized carbons (Fsp3) is 0.421. The first-order chi connectivity index (χ1) is 10.5. The summed E-state index contributed by atoms with van der Waals surface area (Å²) >= 11 is 1.70. The Hall–Kier alpha value is -1.61. The lowest BCUT2D eigenvalue weighted by molar-refractivity contribution is 0.101. The maximum atomic E-state index is 12.6. The fourth-order valence-electron chi connectivity index (χ4n) is 4.18. The maximum Gasteiger partial charge on any atom is 0.192 e. The van der Waals surface area contributed by atoms with E-state index >= 15 is 0 Å². The van der Waals surface area contributed by atoms with Crippen molar-refractivity contribution in [1.29, 1.82) is 0 Å². The van der Waals surface area contributed by atoms with Gasteiger partial charge in [-0.15, -0.1) is 11.3 Å². The van der Waals surface area contributed by atoms with Gasteiger partial charge in [0.1, 0.15) is 0 Å². The number of carbonyl (C=O) groups excluding carboxylic acids is 1. The molecule has 2 atom stereocenters. The highest BCUT2D eigenvalue weighted by atomic mass is 32.1. The summed E-state index contributed by atoms with van der Waals surface area (Å²) in [6.07, 6.45) is 1.10. The molecule has 1 fully saturated rings. The van der Waals surface area contributed by atoms with E-state index in [1.54, 1.807) is 11.3 Å². The molecule has 2 aliphatic carbocycles. The summed E-state index contributed by atoms with van der Waals surface area (Å²) in [5.41, 5.74) is 4.31. The number of benzene rings is 1. The molecule has 4 rings (SSSR count). The Morgan fingerprint density at radius 2 is 2.05 bits per heavy atom. The molecule has 1 aromatic carbocycles. The Bertz CT molecular complexity index is 744. The van der Waals surface area contributed by atoms with E-state index in [1.807, 2.05) is 30.3 Å². The highest BCUT2D eigenvalue weighted by molar-refractivity contribution is 7.14. The number of para-hydroxylation sites is 1. The number of hydrogen-bond acceptors (Lipinski definition) is 3. The minimum atomic E-state index is 0.234. The molecule has 0 amide bonds. The minimum absolute atomic E-state index is 0.234. The Balaban J connectivity index is 1.54. The van der Waals surface area contributed by atoms with Gasteiger partial charge in [-0.25, -0.2) is 0 Å². The molecule has 1 heterocycles. The van der Waals surface area contributed by atoms with Gasteiger partial charge in [-0.3, -0.25) is 4.79 Å². The molecule has 1 saturated carbocycles. The smallest absolute Gasteiger partial charge is 0.192 e. The van der Waals surface area contributed by atoms with Gasteiger partial charge in [0.2, 0.25) is 0 Å². The summed E-state index contributed by atoms with van der Waals surface area (Å²) in [5, 5.41) is 3.24. The second-order valence-electron chi connectivity index (χ2n) is 7.13. The number of Topliss-reactive ketones (excluding diaryl/α,β-unsaturated/α-hetero) is 1. The average Bonchev–Trinajstić information content (AvgIpc) is 2.86. The minimum Gasteiger partial charge on any atom is -0.378 e. The van der Waals surface area contributed by atoms with Gasteiger partial charge in [0.05, 0.1) is 11.4 Å². The van der Waals surface area contributed by atoms with Gasteiger partial charge in [-0.1, -0.05) is 32.0 Å². The van der Waals surface area contributed by atoms with Crippen LogP contribution in [-0.2, 0) is 6.42 Å². The first-order valence-electron chi connectivity index (χ1n) is 7.94. The molecule has 0 bridgehead atoms. The molecule has 3 heteroatoms. The van der Waals surface area contributed by atoms with E-state index in [0.29, 0.717) is 17.9 Å². The van der Waals surface area contributed by atoms with Crippen LogP contribution in [0.3, 0.4) is 0 Å². The molecule has 1 aromatic heterocycles. The second-order valence-corrected chi connectivity index (χ2v) is 8.36. The van der Waals surface area contributed by atoms with Gasteiger partial charge in [-0.2, -0.15) is 0 Å². The van der Waals surface area contributed by atoms with Crippen molar-refractivity contribution in [3.8, 4) is 0 Å². The van der Waals surface area contributed by atoms with Crippen molar-refractivity contribution >= 4 is 22.8 Å². The monoisotopic (exact) mass is 311 g/mol. The first-order valence-corrected chi connectivity index (χ1v) is 8.76. The van der Waals surface area contributed by atoms with E-state index in [0.717, 1.165) is 22.9 Å². The molecule has 1 N–H and O–H groups in total. The van der Waals surface area contributed by atoms with Crippen molar-refractivity contribution in [2.75, 3.05) is 11.9 Å². The number of anilines is 1. The lowest BCUT2D eigenvalue weighted by Crippen LogP contribution is -2.14. The topological polar surface area (TPSA) is 29.1 Å². The molecule has 0 unspecified atom stereocenters. The van der Waals surface area contributed by atoms with Gasteiger partial charge >= 0.3 is 0 Å². The number of carbonyl (C=O) groups is 1. The molecule has 0 saturated heterocycles. The predicted molar refractivity (Wildman–Crippen MR) is 92.0 cm³/mol. The zero-order valence-corrected chi connectivity index (χ0v) is 14.1. The Kier molecular flexibility index (Phi) is 2.99. The third kappa shape index (κ3) is 1.95. The lowest BCUT2D eigenvalue weighted by Gasteiger charge is -2.10. The normalized spacial score (nSPS) is 23.8. The van der Waals surface area contributed by atoms with Gasteiger partial charge in [0.15, 0.2) is 5.78 Å². The largest absolute Gasteiger partial charge is 0.378 e. The Morgan fingerprint density at radius 3 is 2.77 bits per heavy atom. The summed E-state index contributed by atoms with van der Waals surface area (Å²) in [6, 6.07) is 9.94. The van der Waals surface area contributed by atoms with Gasteiger partial charge < -0.3 is 5.32 Å². The number of nitrogens with one attached hydrogen (secondary N) is 1. The molecule has 2 aliphatic rings. The fourth-order valence-corrected chi connectivity index (χ4v) is 5.34. The van der Waals surface area contributed by atoms with E-state index in [9.17, 15) is 4.79 Å². The number of aryl methyl sites for hydroxylation is 1. The number of hydrogen-bond donors (Lipinski definition) is 1. The zero-order chi connectivity index (χ0) is 15.5. The molecule has 114 valence electrons. The van der Waals surface area contributed by atoms with Crippen LogP contribution in [0.25, 0.3) is 0 Å². The summed E-state index contributed by atoms with van der Waals surface area (Å²) < 4.78 is 0. The molecule has 0 aliphatic heterocycles. The first kappa shape index (κ1) is 14.0. The lowest BCUT2D eigenvalue weighted by atomic mass is 9.94. The summed E-state index contributed by atoms with van der Waals surface area (Å²) in [4.78, 5) is 15.0. The van der Waals surface area contributed by atoms with E-state index in [-0.39, 0.29) is 5.78 Å². The Morgan fingerprint density at radius 1 is 1.32 bits per heavy atom. The van der Waals surface area contributed by atoms with E-state index in [1.165, 1.54) is 16.0 Å². The molecule has 2 aromatic rings. The van der Waals surface area contributed by atoms with Crippen LogP contribution >= 0.6 is 11.3 Å².